The number of aromatic nitrogens is 1. The molecule has 0 spiro atoms. The maximum atomic E-state index is 12.6. The second kappa shape index (κ2) is 7.80. The van der Waals surface area contributed by atoms with Gasteiger partial charge in [-0.05, 0) is 30.2 Å². The Balaban J connectivity index is 2.23. The Labute approximate surface area is 131 Å². The third-order valence-corrected chi connectivity index (χ3v) is 3.86. The molecule has 1 atom stereocenters. The van der Waals surface area contributed by atoms with E-state index in [1.165, 1.54) is 0 Å². The van der Waals surface area contributed by atoms with Gasteiger partial charge in [0.05, 0.1) is 13.2 Å². The summed E-state index contributed by atoms with van der Waals surface area (Å²) in [5, 5.41) is 0. The number of aryl methyl sites for hydroxylation is 1. The van der Waals surface area contributed by atoms with Crippen LogP contribution >= 0.6 is 0 Å². The maximum Gasteiger partial charge on any atom is 0.255 e. The van der Waals surface area contributed by atoms with Crippen LogP contribution in [0.1, 0.15) is 43.4 Å². The van der Waals surface area contributed by atoms with Crippen molar-refractivity contribution < 1.29 is 4.74 Å². The number of hydrogen-bond acceptors (Lipinski definition) is 3. The lowest BCUT2D eigenvalue weighted by atomic mass is 10.0. The van der Waals surface area contributed by atoms with Gasteiger partial charge in [0.1, 0.15) is 5.75 Å². The van der Waals surface area contributed by atoms with Crippen LogP contribution in [0, 0.1) is 0 Å². The molecule has 1 unspecified atom stereocenters. The number of nitrogens with zero attached hydrogens (tertiary/aromatic N) is 1. The third-order valence-electron chi connectivity index (χ3n) is 3.86. The van der Waals surface area contributed by atoms with Gasteiger partial charge in [-0.3, -0.25) is 4.79 Å². The molecule has 0 aliphatic rings. The first-order valence-corrected chi connectivity index (χ1v) is 7.76. The highest BCUT2D eigenvalue weighted by Gasteiger charge is 2.14. The number of benzene rings is 1. The van der Waals surface area contributed by atoms with Crippen molar-refractivity contribution in [3.63, 3.8) is 0 Å². The molecule has 4 nitrogen and oxygen atoms in total. The quantitative estimate of drug-likeness (QED) is 0.799. The first-order chi connectivity index (χ1) is 10.7. The molecule has 1 aromatic heterocycles. The van der Waals surface area contributed by atoms with Gasteiger partial charge < -0.3 is 15.0 Å². The SMILES string of the molecule is CCCCCn1cccc(C(N)c2ccc(OC)cc2)c1=O. The summed E-state index contributed by atoms with van der Waals surface area (Å²) in [5.74, 6) is 0.779. The van der Waals surface area contributed by atoms with Gasteiger partial charge in [-0.2, -0.15) is 0 Å². The largest absolute Gasteiger partial charge is 0.497 e. The Kier molecular flexibility index (Phi) is 5.78. The highest BCUT2D eigenvalue weighted by molar-refractivity contribution is 5.34. The van der Waals surface area contributed by atoms with E-state index in [0.29, 0.717) is 5.56 Å². The van der Waals surface area contributed by atoms with Crippen LogP contribution < -0.4 is 16.0 Å². The Morgan fingerprint density at radius 3 is 2.55 bits per heavy atom. The predicted molar refractivity (Wildman–Crippen MR) is 89.3 cm³/mol. The molecule has 4 heteroatoms. The van der Waals surface area contributed by atoms with Crippen LogP contribution in [0.2, 0.25) is 0 Å². The van der Waals surface area contributed by atoms with E-state index in [9.17, 15) is 4.79 Å². The highest BCUT2D eigenvalue weighted by Crippen LogP contribution is 2.20. The van der Waals surface area contributed by atoms with Gasteiger partial charge >= 0.3 is 0 Å². The van der Waals surface area contributed by atoms with Crippen LogP contribution in [0.3, 0.4) is 0 Å². The number of ether oxygens (including phenoxy) is 1. The summed E-state index contributed by atoms with van der Waals surface area (Å²) >= 11 is 0. The fraction of sp³-hybridized carbons (Fsp3) is 0.389. The van der Waals surface area contributed by atoms with Gasteiger partial charge in [0.15, 0.2) is 0 Å². The summed E-state index contributed by atoms with van der Waals surface area (Å²) in [4.78, 5) is 12.6. The molecule has 0 amide bonds. The highest BCUT2D eigenvalue weighted by atomic mass is 16.5. The van der Waals surface area contributed by atoms with Crippen LogP contribution in [0.15, 0.2) is 47.4 Å². The molecule has 0 saturated heterocycles. The molecule has 0 bridgehead atoms. The molecular weight excluding hydrogens is 276 g/mol. The standard InChI is InChI=1S/C18H24N2O2/c1-3-4-5-12-20-13-6-7-16(18(20)21)17(19)14-8-10-15(22-2)11-9-14/h6-11,13,17H,3-5,12,19H2,1-2H3. The summed E-state index contributed by atoms with van der Waals surface area (Å²) in [7, 11) is 1.63. The van der Waals surface area contributed by atoms with Crippen LogP contribution in [0.25, 0.3) is 0 Å². The minimum Gasteiger partial charge on any atom is -0.497 e. The first kappa shape index (κ1) is 16.3. The van der Waals surface area contributed by atoms with E-state index >= 15 is 0 Å². The fourth-order valence-corrected chi connectivity index (χ4v) is 2.49. The molecule has 1 aromatic carbocycles. The molecule has 0 fully saturated rings. The molecule has 118 valence electrons. The van der Waals surface area contributed by atoms with Gasteiger partial charge in [-0.15, -0.1) is 0 Å². The first-order valence-electron chi connectivity index (χ1n) is 7.76. The van der Waals surface area contributed by atoms with Crippen LogP contribution in [0.4, 0.5) is 0 Å². The van der Waals surface area contributed by atoms with E-state index in [1.54, 1.807) is 11.7 Å². The zero-order chi connectivity index (χ0) is 15.9. The predicted octanol–water partition coefficient (Wildman–Crippen LogP) is 3.10. The van der Waals surface area contributed by atoms with Crippen molar-refractivity contribution in [3.05, 3.63) is 64.1 Å². The molecule has 0 radical (unpaired) electrons. The van der Waals surface area contributed by atoms with Gasteiger partial charge in [0, 0.05) is 18.3 Å². The molecule has 0 aliphatic heterocycles. The van der Waals surface area contributed by atoms with Crippen molar-refractivity contribution >= 4 is 0 Å². The zero-order valence-electron chi connectivity index (χ0n) is 13.3. The third kappa shape index (κ3) is 3.77. The van der Waals surface area contributed by atoms with Crippen molar-refractivity contribution in [1.29, 1.82) is 0 Å². The summed E-state index contributed by atoms with van der Waals surface area (Å²) < 4.78 is 6.90. The molecule has 0 aliphatic carbocycles. The van der Waals surface area contributed by atoms with Crippen molar-refractivity contribution in [1.82, 2.24) is 4.57 Å². The lowest BCUT2D eigenvalue weighted by Crippen LogP contribution is -2.28. The molecule has 22 heavy (non-hydrogen) atoms. The van der Waals surface area contributed by atoms with Crippen molar-refractivity contribution in [2.24, 2.45) is 5.73 Å². The van der Waals surface area contributed by atoms with Gasteiger partial charge in [0.2, 0.25) is 0 Å². The number of nitrogens with two attached hydrogens (primary N) is 1. The maximum absolute atomic E-state index is 12.6. The molecule has 1 heterocycles. The Hall–Kier alpha value is -2.07. The molecule has 0 saturated carbocycles. The van der Waals surface area contributed by atoms with Crippen molar-refractivity contribution in [3.8, 4) is 5.75 Å². The van der Waals surface area contributed by atoms with Crippen molar-refractivity contribution in [2.75, 3.05) is 7.11 Å². The van der Waals surface area contributed by atoms with E-state index in [1.807, 2.05) is 42.6 Å². The molecule has 2 aromatic rings. The average molecular weight is 300 g/mol. The van der Waals surface area contributed by atoms with E-state index < -0.39 is 6.04 Å². The summed E-state index contributed by atoms with van der Waals surface area (Å²) in [6.07, 6.45) is 5.11. The minimum atomic E-state index is -0.419. The number of methoxy groups -OCH3 is 1. The summed E-state index contributed by atoms with van der Waals surface area (Å²) in [5.41, 5.74) is 7.82. The Morgan fingerprint density at radius 1 is 1.18 bits per heavy atom. The molecule has 2 N–H and O–H groups in total. The Bertz CT molecular complexity index is 647. The van der Waals surface area contributed by atoms with Crippen LogP contribution in [-0.4, -0.2) is 11.7 Å². The lowest BCUT2D eigenvalue weighted by molar-refractivity contribution is 0.414. The average Bonchev–Trinajstić information content (AvgIpc) is 2.56. The second-order valence-corrected chi connectivity index (χ2v) is 5.42. The molecule has 2 rings (SSSR count). The van der Waals surface area contributed by atoms with Crippen molar-refractivity contribution in [2.45, 2.75) is 38.8 Å². The zero-order valence-corrected chi connectivity index (χ0v) is 13.3. The smallest absolute Gasteiger partial charge is 0.255 e. The normalized spacial score (nSPS) is 12.1. The monoisotopic (exact) mass is 300 g/mol. The fourth-order valence-electron chi connectivity index (χ4n) is 2.49. The summed E-state index contributed by atoms with van der Waals surface area (Å²) in [6.45, 7) is 2.90. The Morgan fingerprint density at radius 2 is 1.91 bits per heavy atom. The molecular formula is C18H24N2O2. The van der Waals surface area contributed by atoms with E-state index in [2.05, 4.69) is 6.92 Å². The van der Waals surface area contributed by atoms with Crippen LogP contribution in [-0.2, 0) is 6.54 Å². The van der Waals surface area contributed by atoms with Gasteiger partial charge in [-0.25, -0.2) is 0 Å². The topological polar surface area (TPSA) is 57.2 Å². The number of hydrogen-bond donors (Lipinski definition) is 1. The minimum absolute atomic E-state index is 0.00178. The number of rotatable bonds is 7. The van der Waals surface area contributed by atoms with E-state index in [-0.39, 0.29) is 5.56 Å². The van der Waals surface area contributed by atoms with Crippen LogP contribution in [0.5, 0.6) is 5.75 Å². The van der Waals surface area contributed by atoms with Gasteiger partial charge in [0.25, 0.3) is 5.56 Å². The van der Waals surface area contributed by atoms with Gasteiger partial charge in [-0.1, -0.05) is 38.0 Å². The number of pyridine rings is 1. The second-order valence-electron chi connectivity index (χ2n) is 5.42. The lowest BCUT2D eigenvalue weighted by Gasteiger charge is -2.14. The summed E-state index contributed by atoms with van der Waals surface area (Å²) in [6, 6.07) is 10.8. The number of unbranched alkanes of at least 4 members (excludes halogenated alkanes) is 2. The van der Waals surface area contributed by atoms with E-state index in [4.69, 9.17) is 10.5 Å². The van der Waals surface area contributed by atoms with E-state index in [0.717, 1.165) is 37.1 Å².